The van der Waals surface area contributed by atoms with Crippen LogP contribution < -0.4 is 14.4 Å². The van der Waals surface area contributed by atoms with Crippen LogP contribution in [-0.2, 0) is 16.0 Å². The van der Waals surface area contributed by atoms with E-state index >= 15 is 0 Å². The lowest BCUT2D eigenvalue weighted by Gasteiger charge is -2.23. The molecule has 6 rings (SSSR count). The average Bonchev–Trinajstić information content (AvgIpc) is 3.57. The first-order chi connectivity index (χ1) is 19.2. The zero-order valence-corrected chi connectivity index (χ0v) is 23.3. The van der Waals surface area contributed by atoms with Gasteiger partial charge in [0.25, 0.3) is 5.78 Å². The van der Waals surface area contributed by atoms with E-state index in [1.807, 2.05) is 32.9 Å². The van der Waals surface area contributed by atoms with Crippen LogP contribution >= 0.6 is 11.3 Å². The zero-order valence-electron chi connectivity index (χ0n) is 22.5. The van der Waals surface area contributed by atoms with Crippen molar-refractivity contribution in [2.75, 3.05) is 11.5 Å². The van der Waals surface area contributed by atoms with E-state index < -0.39 is 17.7 Å². The lowest BCUT2D eigenvalue weighted by molar-refractivity contribution is -0.132. The van der Waals surface area contributed by atoms with Gasteiger partial charge in [0, 0.05) is 12.0 Å². The van der Waals surface area contributed by atoms with E-state index in [-0.39, 0.29) is 28.9 Å². The first kappa shape index (κ1) is 25.9. The van der Waals surface area contributed by atoms with Crippen molar-refractivity contribution in [3.8, 4) is 17.2 Å². The monoisotopic (exact) mass is 556 g/mol. The fourth-order valence-electron chi connectivity index (χ4n) is 5.50. The molecule has 3 heterocycles. The summed E-state index contributed by atoms with van der Waals surface area (Å²) in [5.41, 5.74) is 4.54. The predicted molar refractivity (Wildman–Crippen MR) is 153 cm³/mol. The van der Waals surface area contributed by atoms with Crippen molar-refractivity contribution < 1.29 is 29.3 Å². The molecule has 2 aliphatic rings. The van der Waals surface area contributed by atoms with Gasteiger partial charge in [-0.3, -0.25) is 14.5 Å². The number of nitrogens with zero attached hydrogens (tertiary/aromatic N) is 2. The summed E-state index contributed by atoms with van der Waals surface area (Å²) in [6.45, 7) is 8.02. The largest absolute Gasteiger partial charge is 0.507 e. The number of carbonyl (C=O) groups is 2. The van der Waals surface area contributed by atoms with E-state index in [2.05, 4.69) is 0 Å². The Morgan fingerprint density at radius 3 is 2.73 bits per heavy atom. The van der Waals surface area contributed by atoms with E-state index in [4.69, 9.17) is 14.5 Å². The number of rotatable bonds is 5. The molecule has 9 heteroatoms. The lowest BCUT2D eigenvalue weighted by Crippen LogP contribution is -2.29. The molecule has 204 valence electrons. The van der Waals surface area contributed by atoms with Crippen molar-refractivity contribution in [1.82, 2.24) is 4.98 Å². The molecule has 1 aromatic heterocycles. The number of ether oxygens (including phenoxy) is 2. The highest BCUT2D eigenvalue weighted by atomic mass is 32.1. The van der Waals surface area contributed by atoms with Crippen molar-refractivity contribution in [2.24, 2.45) is 0 Å². The minimum absolute atomic E-state index is 0.0121. The summed E-state index contributed by atoms with van der Waals surface area (Å²) < 4.78 is 12.3. The molecule has 2 unspecified atom stereocenters. The van der Waals surface area contributed by atoms with Crippen LogP contribution in [0.2, 0.25) is 0 Å². The highest BCUT2D eigenvalue weighted by molar-refractivity contribution is 7.22. The molecule has 40 heavy (non-hydrogen) atoms. The van der Waals surface area contributed by atoms with Crippen molar-refractivity contribution in [3.05, 3.63) is 81.9 Å². The maximum atomic E-state index is 13.7. The Bertz CT molecular complexity index is 1740. The highest BCUT2D eigenvalue weighted by Gasteiger charge is 2.48. The molecule has 1 saturated heterocycles. The average molecular weight is 557 g/mol. The van der Waals surface area contributed by atoms with Crippen LogP contribution in [0.5, 0.6) is 17.2 Å². The second-order valence-corrected chi connectivity index (χ2v) is 11.2. The Labute approximate surface area is 235 Å². The third-order valence-electron chi connectivity index (χ3n) is 7.24. The number of Topliss-reactive ketones (excluding diaryl/α,β-unsaturated/α-hetero) is 1. The smallest absolute Gasteiger partial charge is 0.301 e. The summed E-state index contributed by atoms with van der Waals surface area (Å²) in [6.07, 6.45) is 0.687. The minimum Gasteiger partial charge on any atom is -0.507 e. The first-order valence-electron chi connectivity index (χ1n) is 13.1. The Balaban J connectivity index is 1.56. The van der Waals surface area contributed by atoms with Crippen LogP contribution in [0.15, 0.2) is 54.1 Å². The van der Waals surface area contributed by atoms with Crippen LogP contribution in [0.4, 0.5) is 5.13 Å². The number of aromatic hydroxyl groups is 1. The molecule has 2 aliphatic heterocycles. The van der Waals surface area contributed by atoms with Crippen LogP contribution in [0.3, 0.4) is 0 Å². The number of aromatic nitrogens is 1. The molecule has 3 aromatic carbocycles. The van der Waals surface area contributed by atoms with Gasteiger partial charge in [-0.15, -0.1) is 0 Å². The van der Waals surface area contributed by atoms with E-state index in [0.29, 0.717) is 29.3 Å². The SMILES string of the molecule is CCOc1cc(C2/C(=C(/O)c3ccc4c(c3)CC(C)O4)C(=O)C(=O)N2c2nc3c(C)cc(C)cc3s2)ccc1O. The number of phenols is 1. The number of fused-ring (bicyclic) bond motifs is 2. The van der Waals surface area contributed by atoms with Gasteiger partial charge >= 0.3 is 5.91 Å². The number of amides is 1. The number of aryl methyl sites for hydroxylation is 2. The molecule has 1 fully saturated rings. The van der Waals surface area contributed by atoms with Gasteiger partial charge < -0.3 is 19.7 Å². The molecule has 0 aliphatic carbocycles. The topological polar surface area (TPSA) is 109 Å². The van der Waals surface area contributed by atoms with Crippen LogP contribution in [0.1, 0.15) is 47.7 Å². The van der Waals surface area contributed by atoms with Crippen molar-refractivity contribution in [1.29, 1.82) is 0 Å². The summed E-state index contributed by atoms with van der Waals surface area (Å²) in [5, 5.41) is 22.3. The second kappa shape index (κ2) is 9.67. The fourth-order valence-corrected chi connectivity index (χ4v) is 6.67. The maximum Gasteiger partial charge on any atom is 0.301 e. The van der Waals surface area contributed by atoms with Gasteiger partial charge in [-0.25, -0.2) is 4.98 Å². The molecule has 2 atom stereocenters. The van der Waals surface area contributed by atoms with Crippen molar-refractivity contribution >= 4 is 44.1 Å². The summed E-state index contributed by atoms with van der Waals surface area (Å²) in [5.74, 6) is -1.00. The molecule has 8 nitrogen and oxygen atoms in total. The molecule has 0 bridgehead atoms. The number of benzene rings is 3. The Hall–Kier alpha value is -4.37. The van der Waals surface area contributed by atoms with Crippen LogP contribution in [-0.4, -0.2) is 39.6 Å². The van der Waals surface area contributed by atoms with Gasteiger partial charge in [-0.2, -0.15) is 0 Å². The standard InChI is InChI=1S/C31H28N2O6S/c1-5-38-23-14-18(6-8-21(23)34)27-25(28(35)19-7-9-22-20(13-19)12-17(4)39-22)29(36)30(37)33(27)31-32-26-16(3)10-15(2)11-24(26)40-31/h6-11,13-14,17,27,34-35H,5,12H2,1-4H3/b28-25-. The lowest BCUT2D eigenvalue weighted by atomic mass is 9.94. The predicted octanol–water partition coefficient (Wildman–Crippen LogP) is 5.97. The van der Waals surface area contributed by atoms with E-state index in [9.17, 15) is 19.8 Å². The number of ketones is 1. The van der Waals surface area contributed by atoms with E-state index in [0.717, 1.165) is 32.7 Å². The van der Waals surface area contributed by atoms with Gasteiger partial charge in [0.2, 0.25) is 0 Å². The normalized spacial score (nSPS) is 19.8. The number of hydrogen-bond acceptors (Lipinski definition) is 8. The zero-order chi connectivity index (χ0) is 28.3. The summed E-state index contributed by atoms with van der Waals surface area (Å²) in [4.78, 5) is 33.4. The van der Waals surface area contributed by atoms with Crippen LogP contribution in [0.25, 0.3) is 16.0 Å². The van der Waals surface area contributed by atoms with E-state index in [1.54, 1.807) is 37.3 Å². The molecular weight excluding hydrogens is 528 g/mol. The molecule has 4 aromatic rings. The number of carbonyl (C=O) groups excluding carboxylic acids is 2. The molecule has 0 radical (unpaired) electrons. The fraction of sp³-hybridized carbons (Fsp3) is 0.258. The summed E-state index contributed by atoms with van der Waals surface area (Å²) >= 11 is 1.31. The Morgan fingerprint density at radius 1 is 1.15 bits per heavy atom. The molecule has 1 amide bonds. The highest BCUT2D eigenvalue weighted by Crippen LogP contribution is 2.46. The maximum absolute atomic E-state index is 13.7. The van der Waals surface area contributed by atoms with Gasteiger partial charge in [0.05, 0.1) is 28.4 Å². The van der Waals surface area contributed by atoms with Gasteiger partial charge in [-0.1, -0.05) is 23.5 Å². The number of thiazole rings is 1. The number of anilines is 1. The quantitative estimate of drug-likeness (QED) is 0.177. The molecule has 0 saturated carbocycles. The Morgan fingerprint density at radius 2 is 1.95 bits per heavy atom. The van der Waals surface area contributed by atoms with Crippen LogP contribution in [0, 0.1) is 13.8 Å². The summed E-state index contributed by atoms with van der Waals surface area (Å²) in [6, 6.07) is 12.9. The third kappa shape index (κ3) is 4.17. The van der Waals surface area contributed by atoms with Crippen molar-refractivity contribution in [2.45, 2.75) is 46.3 Å². The number of phenolic OH excluding ortho intramolecular Hbond substituents is 1. The molecular formula is C31H28N2O6S. The summed E-state index contributed by atoms with van der Waals surface area (Å²) in [7, 11) is 0. The van der Waals surface area contributed by atoms with Gasteiger partial charge in [-0.05, 0) is 86.3 Å². The first-order valence-corrected chi connectivity index (χ1v) is 13.9. The van der Waals surface area contributed by atoms with Gasteiger partial charge in [0.15, 0.2) is 16.6 Å². The van der Waals surface area contributed by atoms with E-state index in [1.165, 1.54) is 22.3 Å². The second-order valence-electron chi connectivity index (χ2n) is 10.2. The third-order valence-corrected chi connectivity index (χ3v) is 8.24. The minimum atomic E-state index is -0.995. The molecule has 2 N–H and O–H groups in total. The number of hydrogen-bond donors (Lipinski definition) is 2. The Kier molecular flexibility index (Phi) is 6.26. The van der Waals surface area contributed by atoms with Crippen molar-refractivity contribution in [3.63, 3.8) is 0 Å². The number of aliphatic hydroxyl groups excluding tert-OH is 1. The number of aliphatic hydroxyl groups is 1. The molecule has 0 spiro atoms. The van der Waals surface area contributed by atoms with Gasteiger partial charge in [0.1, 0.15) is 17.6 Å².